The van der Waals surface area contributed by atoms with Crippen molar-refractivity contribution >= 4 is 17.9 Å². The molecule has 0 unspecified atom stereocenters. The molecular weight excluding hydrogens is 332 g/mol. The van der Waals surface area contributed by atoms with E-state index in [0.29, 0.717) is 17.5 Å². The number of nitrogens with one attached hydrogen (secondary N) is 1. The van der Waals surface area contributed by atoms with Crippen LogP contribution in [0.15, 0.2) is 60.8 Å². The molecule has 2 aromatic carbocycles. The molecule has 3 aromatic rings. The highest BCUT2D eigenvalue weighted by Gasteiger charge is 2.21. The first kappa shape index (κ1) is 17.2. The second kappa shape index (κ2) is 7.48. The van der Waals surface area contributed by atoms with Crippen molar-refractivity contribution in [3.63, 3.8) is 0 Å². The van der Waals surface area contributed by atoms with Crippen LogP contribution in [0.3, 0.4) is 0 Å². The van der Waals surface area contributed by atoms with E-state index < -0.39 is 5.91 Å². The van der Waals surface area contributed by atoms with Gasteiger partial charge in [0.05, 0.1) is 7.11 Å². The molecule has 1 aromatic heterocycles. The summed E-state index contributed by atoms with van der Waals surface area (Å²) in [6.45, 7) is 0. The quantitative estimate of drug-likeness (QED) is 0.689. The number of benzene rings is 2. The number of ether oxygens (including phenoxy) is 1. The lowest BCUT2D eigenvalue weighted by atomic mass is 9.97. The zero-order valence-corrected chi connectivity index (χ0v) is 14.0. The lowest BCUT2D eigenvalue weighted by Crippen LogP contribution is -2.15. The third-order valence-electron chi connectivity index (χ3n) is 3.84. The number of carbonyl (C=O) groups is 2. The molecule has 0 saturated heterocycles. The van der Waals surface area contributed by atoms with Crippen molar-refractivity contribution in [1.29, 1.82) is 0 Å². The summed E-state index contributed by atoms with van der Waals surface area (Å²) in [6.07, 6.45) is 2.08. The zero-order chi connectivity index (χ0) is 18.5. The Hall–Kier alpha value is -3.67. The Morgan fingerprint density at radius 2 is 1.88 bits per heavy atom. The second-order valence-electron chi connectivity index (χ2n) is 5.42. The first-order valence-electron chi connectivity index (χ1n) is 7.82. The third kappa shape index (κ3) is 3.25. The Kier molecular flexibility index (Phi) is 4.94. The number of methoxy groups -OCH3 is 1. The van der Waals surface area contributed by atoms with Crippen LogP contribution in [0.5, 0.6) is 11.5 Å². The third-order valence-corrected chi connectivity index (χ3v) is 3.84. The van der Waals surface area contributed by atoms with Gasteiger partial charge in [-0.15, -0.1) is 0 Å². The molecule has 6 heteroatoms. The number of nitrogens with zero attached hydrogens (tertiary/aromatic N) is 1. The van der Waals surface area contributed by atoms with Gasteiger partial charge in [0.2, 0.25) is 0 Å². The fraction of sp³-hybridized carbons (Fsp3) is 0.0500. The van der Waals surface area contributed by atoms with Crippen molar-refractivity contribution < 1.29 is 19.4 Å². The highest BCUT2D eigenvalue weighted by molar-refractivity contribution is 6.09. The van der Waals surface area contributed by atoms with E-state index >= 15 is 0 Å². The summed E-state index contributed by atoms with van der Waals surface area (Å²) < 4.78 is 5.12. The zero-order valence-electron chi connectivity index (χ0n) is 14.0. The topological polar surface area (TPSA) is 88.5 Å². The maximum atomic E-state index is 12.7. The van der Waals surface area contributed by atoms with Crippen LogP contribution in [-0.2, 0) is 0 Å². The first-order chi connectivity index (χ1) is 12.7. The van der Waals surface area contributed by atoms with Gasteiger partial charge >= 0.3 is 0 Å². The molecule has 2 N–H and O–H groups in total. The number of para-hydroxylation sites is 1. The number of pyridine rings is 1. The fourth-order valence-corrected chi connectivity index (χ4v) is 2.63. The van der Waals surface area contributed by atoms with Gasteiger partial charge in [0.1, 0.15) is 5.69 Å². The van der Waals surface area contributed by atoms with Crippen LogP contribution in [0.25, 0.3) is 11.1 Å². The average molecular weight is 348 g/mol. The number of rotatable bonds is 5. The number of hydrogen-bond donors (Lipinski definition) is 2. The van der Waals surface area contributed by atoms with Crippen molar-refractivity contribution in [3.05, 3.63) is 72.1 Å². The van der Waals surface area contributed by atoms with Crippen LogP contribution in [0.1, 0.15) is 20.8 Å². The Bertz CT molecular complexity index is 955. The molecule has 0 aliphatic carbocycles. The highest BCUT2D eigenvalue weighted by Crippen LogP contribution is 2.40. The van der Waals surface area contributed by atoms with Crippen LogP contribution in [-0.4, -0.2) is 29.4 Å². The number of aldehydes is 1. The number of carbonyl (C=O) groups excluding carboxylic acids is 2. The number of hydrogen-bond acceptors (Lipinski definition) is 5. The highest BCUT2D eigenvalue weighted by atomic mass is 16.5. The normalized spacial score (nSPS) is 10.2. The molecule has 0 aliphatic rings. The first-order valence-corrected chi connectivity index (χ1v) is 7.82. The minimum atomic E-state index is -0.453. The van der Waals surface area contributed by atoms with Crippen molar-refractivity contribution in [2.45, 2.75) is 0 Å². The van der Waals surface area contributed by atoms with Gasteiger partial charge in [-0.05, 0) is 30.3 Å². The van der Waals surface area contributed by atoms with Crippen molar-refractivity contribution in [3.8, 4) is 22.6 Å². The second-order valence-corrected chi connectivity index (χ2v) is 5.42. The Morgan fingerprint density at radius 3 is 2.58 bits per heavy atom. The summed E-state index contributed by atoms with van der Waals surface area (Å²) in [5.74, 6) is -0.478. The number of anilines is 1. The Balaban J connectivity index is 2.11. The molecule has 1 amide bonds. The summed E-state index contributed by atoms with van der Waals surface area (Å²) >= 11 is 0. The predicted molar refractivity (Wildman–Crippen MR) is 97.7 cm³/mol. The minimum absolute atomic E-state index is 0.0861. The molecule has 0 saturated carbocycles. The molecule has 6 nitrogen and oxygen atoms in total. The number of aromatic hydroxyl groups is 1. The van der Waals surface area contributed by atoms with Gasteiger partial charge in [-0.25, -0.2) is 0 Å². The molecule has 130 valence electrons. The van der Waals surface area contributed by atoms with E-state index in [1.165, 1.54) is 25.4 Å². The smallest absolute Gasteiger partial charge is 0.274 e. The number of aromatic nitrogens is 1. The molecule has 0 radical (unpaired) electrons. The fourth-order valence-electron chi connectivity index (χ4n) is 2.63. The molecule has 3 rings (SSSR count). The van der Waals surface area contributed by atoms with Gasteiger partial charge in [-0.3, -0.25) is 14.6 Å². The summed E-state index contributed by atoms with van der Waals surface area (Å²) in [7, 11) is 1.41. The van der Waals surface area contributed by atoms with E-state index in [-0.39, 0.29) is 28.3 Å². The van der Waals surface area contributed by atoms with Gasteiger partial charge < -0.3 is 15.2 Å². The standard InChI is InChI=1S/C20H16N2O4/c1-26-16-10-9-13(12-23)17(19(16)24)15-8-5-11-21-18(15)20(25)22-14-6-3-2-4-7-14/h2-12,24H,1H3,(H,22,25). The molecular formula is C20H16N2O4. The summed E-state index contributed by atoms with van der Waals surface area (Å²) in [5, 5.41) is 13.3. The van der Waals surface area contributed by atoms with Crippen LogP contribution in [0.2, 0.25) is 0 Å². The molecule has 1 heterocycles. The summed E-state index contributed by atoms with van der Waals surface area (Å²) in [5.41, 5.74) is 1.46. The summed E-state index contributed by atoms with van der Waals surface area (Å²) in [6, 6.07) is 15.2. The summed E-state index contributed by atoms with van der Waals surface area (Å²) in [4.78, 5) is 28.3. The molecule has 0 spiro atoms. The number of phenols is 1. The average Bonchev–Trinajstić information content (AvgIpc) is 2.68. The van der Waals surface area contributed by atoms with Crippen molar-refractivity contribution in [2.24, 2.45) is 0 Å². The lowest BCUT2D eigenvalue weighted by molar-refractivity contribution is 0.102. The molecule has 26 heavy (non-hydrogen) atoms. The van der Waals surface area contributed by atoms with Gasteiger partial charge in [-0.2, -0.15) is 0 Å². The van der Waals surface area contributed by atoms with E-state index in [4.69, 9.17) is 4.74 Å². The minimum Gasteiger partial charge on any atom is -0.504 e. The van der Waals surface area contributed by atoms with Gasteiger partial charge in [0.25, 0.3) is 5.91 Å². The predicted octanol–water partition coefficient (Wildman–Crippen LogP) is 3.53. The van der Waals surface area contributed by atoms with E-state index in [1.807, 2.05) is 6.07 Å². The monoisotopic (exact) mass is 348 g/mol. The van der Waals surface area contributed by atoms with E-state index in [1.54, 1.807) is 36.4 Å². The maximum absolute atomic E-state index is 12.7. The van der Waals surface area contributed by atoms with Crippen LogP contribution in [0, 0.1) is 0 Å². The number of amides is 1. The largest absolute Gasteiger partial charge is 0.504 e. The van der Waals surface area contributed by atoms with Gasteiger partial charge in [0.15, 0.2) is 17.8 Å². The van der Waals surface area contributed by atoms with Crippen LogP contribution in [0.4, 0.5) is 5.69 Å². The van der Waals surface area contributed by atoms with Crippen molar-refractivity contribution in [2.75, 3.05) is 12.4 Å². The molecule has 0 fully saturated rings. The van der Waals surface area contributed by atoms with Crippen LogP contribution >= 0.6 is 0 Å². The Morgan fingerprint density at radius 1 is 1.12 bits per heavy atom. The van der Waals surface area contributed by atoms with E-state index in [2.05, 4.69) is 10.3 Å². The van der Waals surface area contributed by atoms with Crippen molar-refractivity contribution in [1.82, 2.24) is 4.98 Å². The SMILES string of the molecule is COc1ccc(C=O)c(-c2cccnc2C(=O)Nc2ccccc2)c1O. The number of phenolic OH excluding ortho intramolecular Hbond substituents is 1. The van der Waals surface area contributed by atoms with E-state index in [9.17, 15) is 14.7 Å². The molecule has 0 aliphatic heterocycles. The molecule has 0 atom stereocenters. The van der Waals surface area contributed by atoms with Crippen LogP contribution < -0.4 is 10.1 Å². The Labute approximate surface area is 150 Å². The van der Waals surface area contributed by atoms with E-state index in [0.717, 1.165) is 0 Å². The lowest BCUT2D eigenvalue weighted by Gasteiger charge is -2.14. The van der Waals surface area contributed by atoms with Gasteiger partial charge in [0, 0.05) is 28.6 Å². The maximum Gasteiger partial charge on any atom is 0.274 e. The van der Waals surface area contributed by atoms with Gasteiger partial charge in [-0.1, -0.05) is 24.3 Å². The molecule has 0 bridgehead atoms.